The molecule has 5 nitrogen and oxygen atoms in total. The summed E-state index contributed by atoms with van der Waals surface area (Å²) in [6.45, 7) is 4.88. The van der Waals surface area contributed by atoms with Crippen molar-refractivity contribution in [2.45, 2.75) is 39.2 Å². The minimum absolute atomic E-state index is 0.214. The number of nitrogens with zero attached hydrogens (tertiary/aromatic N) is 4. The van der Waals surface area contributed by atoms with E-state index in [1.165, 1.54) is 12.1 Å². The first-order valence-electron chi connectivity index (χ1n) is 9.69. The molecule has 1 atom stereocenters. The van der Waals surface area contributed by atoms with Gasteiger partial charge in [0.2, 0.25) is 11.9 Å². The number of halogens is 1. The molecule has 0 bridgehead atoms. The number of aromatic nitrogens is 2. The summed E-state index contributed by atoms with van der Waals surface area (Å²) in [5.41, 5.74) is 1.74. The summed E-state index contributed by atoms with van der Waals surface area (Å²) in [5.74, 6) is 0.680. The Morgan fingerprint density at radius 2 is 1.81 bits per heavy atom. The van der Waals surface area contributed by atoms with Gasteiger partial charge in [-0.3, -0.25) is 4.79 Å². The number of amides is 1. The highest BCUT2D eigenvalue weighted by Crippen LogP contribution is 2.41. The van der Waals surface area contributed by atoms with Crippen molar-refractivity contribution in [3.05, 3.63) is 53.6 Å². The topological polar surface area (TPSA) is 49.3 Å². The molecule has 2 saturated heterocycles. The SMILES string of the molecule is CCc1cnc(N2CCC3(CCCN(Cc4ccc(F)cc4)C3=O)C2)nc1. The Kier molecular flexibility index (Phi) is 4.81. The van der Waals surface area contributed by atoms with E-state index in [4.69, 9.17) is 0 Å². The molecule has 1 aromatic carbocycles. The van der Waals surface area contributed by atoms with Crippen LogP contribution in [-0.4, -0.2) is 40.4 Å². The summed E-state index contributed by atoms with van der Waals surface area (Å²) >= 11 is 0. The molecule has 2 fully saturated rings. The maximum atomic E-state index is 13.3. The lowest BCUT2D eigenvalue weighted by Gasteiger charge is -2.39. The number of likely N-dealkylation sites (tertiary alicyclic amines) is 1. The number of piperidine rings is 1. The quantitative estimate of drug-likeness (QED) is 0.832. The lowest BCUT2D eigenvalue weighted by molar-refractivity contribution is -0.145. The molecule has 3 heterocycles. The highest BCUT2D eigenvalue weighted by Gasteiger charge is 2.48. The van der Waals surface area contributed by atoms with Crippen LogP contribution in [0.5, 0.6) is 0 Å². The molecule has 2 aliphatic rings. The highest BCUT2D eigenvalue weighted by atomic mass is 19.1. The Hall–Kier alpha value is -2.50. The van der Waals surface area contributed by atoms with Gasteiger partial charge in [-0.25, -0.2) is 14.4 Å². The predicted molar refractivity (Wildman–Crippen MR) is 102 cm³/mol. The van der Waals surface area contributed by atoms with Gasteiger partial charge >= 0.3 is 0 Å². The van der Waals surface area contributed by atoms with Crippen molar-refractivity contribution in [2.75, 3.05) is 24.5 Å². The predicted octanol–water partition coefficient (Wildman–Crippen LogP) is 3.20. The average Bonchev–Trinajstić information content (AvgIpc) is 3.12. The lowest BCUT2D eigenvalue weighted by atomic mass is 9.78. The molecule has 1 amide bonds. The van der Waals surface area contributed by atoms with Crippen LogP contribution in [0, 0.1) is 11.2 Å². The zero-order valence-corrected chi connectivity index (χ0v) is 15.7. The molecule has 0 N–H and O–H groups in total. The van der Waals surface area contributed by atoms with Crippen LogP contribution in [0.4, 0.5) is 10.3 Å². The molecule has 2 aromatic rings. The number of carbonyl (C=O) groups is 1. The summed E-state index contributed by atoms with van der Waals surface area (Å²) in [4.78, 5) is 26.3. The largest absolute Gasteiger partial charge is 0.340 e. The summed E-state index contributed by atoms with van der Waals surface area (Å²) in [7, 11) is 0. The van der Waals surface area contributed by atoms with Crippen molar-refractivity contribution >= 4 is 11.9 Å². The van der Waals surface area contributed by atoms with Gasteiger partial charge in [-0.05, 0) is 48.9 Å². The first-order valence-corrected chi connectivity index (χ1v) is 9.69. The molecule has 4 rings (SSSR count). The van der Waals surface area contributed by atoms with Crippen LogP contribution in [-0.2, 0) is 17.8 Å². The van der Waals surface area contributed by atoms with Gasteiger partial charge in [0.15, 0.2) is 0 Å². The number of hydrogen-bond donors (Lipinski definition) is 0. The van der Waals surface area contributed by atoms with E-state index in [2.05, 4.69) is 21.8 Å². The number of hydrogen-bond acceptors (Lipinski definition) is 4. The van der Waals surface area contributed by atoms with Crippen molar-refractivity contribution in [3.8, 4) is 0 Å². The van der Waals surface area contributed by atoms with Crippen LogP contribution in [0.25, 0.3) is 0 Å². The zero-order chi connectivity index (χ0) is 18.9. The fourth-order valence-corrected chi connectivity index (χ4v) is 4.23. The highest BCUT2D eigenvalue weighted by molar-refractivity contribution is 5.85. The van der Waals surface area contributed by atoms with Crippen molar-refractivity contribution in [1.29, 1.82) is 0 Å². The van der Waals surface area contributed by atoms with Crippen molar-refractivity contribution in [3.63, 3.8) is 0 Å². The Morgan fingerprint density at radius 1 is 1.07 bits per heavy atom. The van der Waals surface area contributed by atoms with Crippen molar-refractivity contribution in [2.24, 2.45) is 5.41 Å². The summed E-state index contributed by atoms with van der Waals surface area (Å²) in [6, 6.07) is 6.42. The normalized spacial score (nSPS) is 22.7. The van der Waals surface area contributed by atoms with Gasteiger partial charge in [0.1, 0.15) is 5.82 Å². The maximum Gasteiger partial charge on any atom is 0.230 e. The number of benzene rings is 1. The van der Waals surface area contributed by atoms with Crippen LogP contribution in [0.2, 0.25) is 0 Å². The molecule has 142 valence electrons. The van der Waals surface area contributed by atoms with E-state index in [0.29, 0.717) is 19.0 Å². The van der Waals surface area contributed by atoms with Crippen molar-refractivity contribution < 1.29 is 9.18 Å². The fraction of sp³-hybridized carbons (Fsp3) is 0.476. The molecule has 2 aliphatic heterocycles. The molecule has 0 saturated carbocycles. The number of aryl methyl sites for hydroxylation is 1. The third-order valence-corrected chi connectivity index (χ3v) is 5.85. The van der Waals surface area contributed by atoms with Gasteiger partial charge in [-0.2, -0.15) is 0 Å². The molecule has 6 heteroatoms. The molecular weight excluding hydrogens is 343 g/mol. The van der Waals surface area contributed by atoms with Gasteiger partial charge in [0.05, 0.1) is 5.41 Å². The molecule has 0 radical (unpaired) electrons. The average molecular weight is 368 g/mol. The second kappa shape index (κ2) is 7.25. The Morgan fingerprint density at radius 3 is 2.52 bits per heavy atom. The Labute approximate surface area is 159 Å². The summed E-state index contributed by atoms with van der Waals surface area (Å²) in [6.07, 6.45) is 7.41. The molecule has 1 spiro atoms. The van der Waals surface area contributed by atoms with E-state index in [1.807, 2.05) is 17.3 Å². The van der Waals surface area contributed by atoms with E-state index in [1.54, 1.807) is 12.1 Å². The van der Waals surface area contributed by atoms with Crippen LogP contribution in [0.1, 0.15) is 37.3 Å². The summed E-state index contributed by atoms with van der Waals surface area (Å²) < 4.78 is 13.1. The van der Waals surface area contributed by atoms with Crippen LogP contribution < -0.4 is 4.90 Å². The first-order chi connectivity index (χ1) is 13.1. The Balaban J connectivity index is 1.47. The first kappa shape index (κ1) is 17.9. The van der Waals surface area contributed by atoms with E-state index in [-0.39, 0.29) is 17.1 Å². The standard InChI is InChI=1S/C21H25FN4O/c1-2-16-12-23-20(24-13-16)26-11-9-21(15-26)8-3-10-25(19(21)27)14-17-4-6-18(22)7-5-17/h4-7,12-13H,2-3,8-11,14-15H2,1H3. The second-order valence-electron chi connectivity index (χ2n) is 7.65. The van der Waals surface area contributed by atoms with Gasteiger partial charge in [-0.1, -0.05) is 19.1 Å². The van der Waals surface area contributed by atoms with E-state index in [0.717, 1.165) is 49.9 Å². The molecular formula is C21H25FN4O. The van der Waals surface area contributed by atoms with E-state index in [9.17, 15) is 9.18 Å². The van der Waals surface area contributed by atoms with Crippen LogP contribution in [0.3, 0.4) is 0 Å². The Bertz CT molecular complexity index is 808. The molecule has 27 heavy (non-hydrogen) atoms. The number of anilines is 1. The smallest absolute Gasteiger partial charge is 0.230 e. The minimum atomic E-state index is -0.342. The van der Waals surface area contributed by atoms with Gasteiger partial charge in [0, 0.05) is 38.6 Å². The van der Waals surface area contributed by atoms with Gasteiger partial charge in [-0.15, -0.1) is 0 Å². The van der Waals surface area contributed by atoms with E-state index >= 15 is 0 Å². The molecule has 1 aromatic heterocycles. The minimum Gasteiger partial charge on any atom is -0.340 e. The number of rotatable bonds is 4. The zero-order valence-electron chi connectivity index (χ0n) is 15.7. The third kappa shape index (κ3) is 3.53. The van der Waals surface area contributed by atoms with Crippen LogP contribution >= 0.6 is 0 Å². The summed E-state index contributed by atoms with van der Waals surface area (Å²) in [5, 5.41) is 0. The fourth-order valence-electron chi connectivity index (χ4n) is 4.23. The third-order valence-electron chi connectivity index (χ3n) is 5.85. The van der Waals surface area contributed by atoms with Gasteiger partial charge in [0.25, 0.3) is 0 Å². The molecule has 0 aliphatic carbocycles. The van der Waals surface area contributed by atoms with Crippen LogP contribution in [0.15, 0.2) is 36.7 Å². The molecule has 1 unspecified atom stereocenters. The second-order valence-corrected chi connectivity index (χ2v) is 7.65. The lowest BCUT2D eigenvalue weighted by Crippen LogP contribution is -2.49. The van der Waals surface area contributed by atoms with Crippen molar-refractivity contribution in [1.82, 2.24) is 14.9 Å². The van der Waals surface area contributed by atoms with Gasteiger partial charge < -0.3 is 9.80 Å². The number of carbonyl (C=O) groups excluding carboxylic acids is 1. The monoisotopic (exact) mass is 368 g/mol. The van der Waals surface area contributed by atoms with E-state index < -0.39 is 0 Å². The maximum absolute atomic E-state index is 13.3.